The molecule has 2 aromatic rings. The number of fused-ring (bicyclic) bond motifs is 2. The molecular weight excluding hydrogens is 438 g/mol. The van der Waals surface area contributed by atoms with Gasteiger partial charge in [-0.3, -0.25) is 9.48 Å². The molecule has 8 nitrogen and oxygen atoms in total. The molecule has 33 heavy (non-hydrogen) atoms. The second kappa shape index (κ2) is 8.85. The fraction of sp³-hybridized carbons (Fsp3) is 0.583. The van der Waals surface area contributed by atoms with Crippen LogP contribution in [0, 0.1) is 0 Å². The number of likely N-dealkylation sites (N-methyl/N-ethyl adjacent to an activating group) is 1. The van der Waals surface area contributed by atoms with Gasteiger partial charge in [-0.05, 0) is 92.8 Å². The SMILES string of the molecule is CN1CCC[C@H]1C(NS(=O)(=O)NC(=O)Cc1c2c(cc3c1CCC3)CCC2)c1cnn(C)c1. The van der Waals surface area contributed by atoms with E-state index in [9.17, 15) is 13.2 Å². The van der Waals surface area contributed by atoms with Gasteiger partial charge in [0, 0.05) is 24.8 Å². The molecule has 0 bridgehead atoms. The van der Waals surface area contributed by atoms with Crippen molar-refractivity contribution in [2.45, 2.75) is 69.9 Å². The van der Waals surface area contributed by atoms with Gasteiger partial charge in [0.15, 0.2) is 0 Å². The van der Waals surface area contributed by atoms with E-state index < -0.39 is 22.2 Å². The van der Waals surface area contributed by atoms with E-state index in [1.54, 1.807) is 10.9 Å². The van der Waals surface area contributed by atoms with E-state index in [0.717, 1.165) is 69.0 Å². The quantitative estimate of drug-likeness (QED) is 0.641. The second-order valence-electron chi connectivity index (χ2n) is 9.78. The van der Waals surface area contributed by atoms with Crippen molar-refractivity contribution < 1.29 is 13.2 Å². The van der Waals surface area contributed by atoms with Crippen LogP contribution < -0.4 is 9.44 Å². The highest BCUT2D eigenvalue weighted by Crippen LogP contribution is 2.35. The maximum atomic E-state index is 13.1. The van der Waals surface area contributed by atoms with Gasteiger partial charge in [-0.1, -0.05) is 6.07 Å². The summed E-state index contributed by atoms with van der Waals surface area (Å²) in [5, 5.41) is 4.22. The molecule has 0 saturated carbocycles. The number of benzene rings is 1. The Hall–Kier alpha value is -2.23. The molecule has 1 aromatic heterocycles. The normalized spacial score (nSPS) is 21.2. The van der Waals surface area contributed by atoms with E-state index in [2.05, 4.69) is 25.5 Å². The van der Waals surface area contributed by atoms with Gasteiger partial charge in [0.1, 0.15) is 0 Å². The van der Waals surface area contributed by atoms with Crippen LogP contribution in [0.2, 0.25) is 0 Å². The Balaban J connectivity index is 1.34. The minimum atomic E-state index is -4.04. The average Bonchev–Trinajstić information content (AvgIpc) is 3.53. The molecule has 1 aromatic carbocycles. The Kier molecular flexibility index (Phi) is 6.05. The van der Waals surface area contributed by atoms with Crippen molar-refractivity contribution in [2.24, 2.45) is 7.05 Å². The number of aryl methyl sites for hydroxylation is 3. The van der Waals surface area contributed by atoms with Gasteiger partial charge in [0.25, 0.3) is 0 Å². The number of likely N-dealkylation sites (tertiary alicyclic amines) is 1. The third-order valence-corrected chi connectivity index (χ3v) is 8.57. The van der Waals surface area contributed by atoms with Gasteiger partial charge in [-0.25, -0.2) is 4.72 Å². The first kappa shape index (κ1) is 22.6. The molecule has 0 spiro atoms. The standard InChI is InChI=1S/C24H33N5O3S/c1-28-11-5-10-22(28)24(18-14-25-29(2)15-18)27-33(31,32)26-23(30)13-21-19-8-3-6-16(19)12-17-7-4-9-20(17)21/h12,14-15,22,24,27H,3-11,13H2,1-2H3,(H,26,30)/t22-,24?/m0/s1. The van der Waals surface area contributed by atoms with E-state index in [1.807, 2.05) is 20.3 Å². The molecule has 1 amide bonds. The lowest BCUT2D eigenvalue weighted by molar-refractivity contribution is -0.118. The molecule has 2 atom stereocenters. The number of hydrogen-bond donors (Lipinski definition) is 2. The van der Waals surface area contributed by atoms with E-state index in [4.69, 9.17) is 0 Å². The molecular formula is C24H33N5O3S. The van der Waals surface area contributed by atoms with Gasteiger partial charge in [0.2, 0.25) is 5.91 Å². The van der Waals surface area contributed by atoms with Gasteiger partial charge < -0.3 is 4.90 Å². The Morgan fingerprint density at radius 1 is 1.12 bits per heavy atom. The van der Waals surface area contributed by atoms with Gasteiger partial charge in [0.05, 0.1) is 18.7 Å². The number of hydrogen-bond acceptors (Lipinski definition) is 5. The maximum Gasteiger partial charge on any atom is 0.301 e. The van der Waals surface area contributed by atoms with Crippen molar-refractivity contribution in [2.75, 3.05) is 13.6 Å². The lowest BCUT2D eigenvalue weighted by atomic mass is 9.92. The van der Waals surface area contributed by atoms with Crippen LogP contribution in [0.5, 0.6) is 0 Å². The number of carbonyl (C=O) groups is 1. The molecule has 2 heterocycles. The summed E-state index contributed by atoms with van der Waals surface area (Å²) < 4.78 is 32.9. The van der Waals surface area contributed by atoms with Crippen LogP contribution in [0.15, 0.2) is 18.5 Å². The Bertz CT molecular complexity index is 1140. The third-order valence-electron chi connectivity index (χ3n) is 7.51. The van der Waals surface area contributed by atoms with Crippen LogP contribution in [-0.4, -0.2) is 48.6 Å². The Morgan fingerprint density at radius 2 is 1.82 bits per heavy atom. The third kappa shape index (κ3) is 4.58. The van der Waals surface area contributed by atoms with Crippen molar-refractivity contribution in [3.8, 4) is 0 Å². The zero-order chi connectivity index (χ0) is 23.2. The van der Waals surface area contributed by atoms with Gasteiger partial charge in [-0.2, -0.15) is 18.2 Å². The summed E-state index contributed by atoms with van der Waals surface area (Å²) in [6.07, 6.45) is 11.8. The van der Waals surface area contributed by atoms with Crippen molar-refractivity contribution in [1.82, 2.24) is 24.1 Å². The number of aromatic nitrogens is 2. The molecule has 9 heteroatoms. The summed E-state index contributed by atoms with van der Waals surface area (Å²) in [6, 6.07) is 1.87. The Morgan fingerprint density at radius 3 is 2.39 bits per heavy atom. The number of carbonyl (C=O) groups excluding carboxylic acids is 1. The van der Waals surface area contributed by atoms with Crippen LogP contribution in [0.25, 0.3) is 0 Å². The lowest BCUT2D eigenvalue weighted by Crippen LogP contribution is -2.47. The van der Waals surface area contributed by atoms with Crippen molar-refractivity contribution >= 4 is 16.1 Å². The first-order chi connectivity index (χ1) is 15.8. The van der Waals surface area contributed by atoms with E-state index in [-0.39, 0.29) is 12.5 Å². The fourth-order valence-corrected chi connectivity index (χ4v) is 7.08. The molecule has 1 saturated heterocycles. The van der Waals surface area contributed by atoms with Crippen molar-refractivity contribution in [3.05, 3.63) is 51.8 Å². The molecule has 1 fully saturated rings. The number of nitrogens with zero attached hydrogens (tertiary/aromatic N) is 3. The fourth-order valence-electron chi connectivity index (χ4n) is 6.02. The molecule has 5 rings (SSSR count). The van der Waals surface area contributed by atoms with Gasteiger partial charge in [-0.15, -0.1) is 0 Å². The summed E-state index contributed by atoms with van der Waals surface area (Å²) in [5.74, 6) is -0.471. The number of rotatable bonds is 7. The predicted octanol–water partition coefficient (Wildman–Crippen LogP) is 1.73. The van der Waals surface area contributed by atoms with Crippen molar-refractivity contribution in [3.63, 3.8) is 0 Å². The molecule has 178 valence electrons. The molecule has 3 aliphatic rings. The van der Waals surface area contributed by atoms with Crippen LogP contribution in [0.3, 0.4) is 0 Å². The second-order valence-corrected chi connectivity index (χ2v) is 11.2. The zero-order valence-corrected chi connectivity index (χ0v) is 20.2. The lowest BCUT2D eigenvalue weighted by Gasteiger charge is -2.29. The minimum absolute atomic E-state index is 0.0153. The largest absolute Gasteiger partial charge is 0.301 e. The summed E-state index contributed by atoms with van der Waals surface area (Å²) in [7, 11) is -0.225. The first-order valence-corrected chi connectivity index (χ1v) is 13.5. The first-order valence-electron chi connectivity index (χ1n) is 12.0. The highest BCUT2D eigenvalue weighted by molar-refractivity contribution is 7.88. The number of nitrogens with one attached hydrogen (secondary N) is 2. The zero-order valence-electron chi connectivity index (χ0n) is 19.4. The highest BCUT2D eigenvalue weighted by atomic mass is 32.2. The molecule has 1 unspecified atom stereocenters. The Labute approximate surface area is 195 Å². The maximum absolute atomic E-state index is 13.1. The average molecular weight is 472 g/mol. The molecule has 0 radical (unpaired) electrons. The summed E-state index contributed by atoms with van der Waals surface area (Å²) in [6.45, 7) is 0.916. The van der Waals surface area contributed by atoms with Crippen molar-refractivity contribution in [1.29, 1.82) is 0 Å². The topological polar surface area (TPSA) is 96.3 Å². The van der Waals surface area contributed by atoms with E-state index >= 15 is 0 Å². The number of amides is 1. The monoisotopic (exact) mass is 471 g/mol. The molecule has 2 aliphatic carbocycles. The van der Waals surface area contributed by atoms with Crippen LogP contribution in [0.4, 0.5) is 0 Å². The smallest absolute Gasteiger partial charge is 0.301 e. The highest BCUT2D eigenvalue weighted by Gasteiger charge is 2.35. The van der Waals surface area contributed by atoms with Gasteiger partial charge >= 0.3 is 10.2 Å². The van der Waals surface area contributed by atoms with Crippen LogP contribution >= 0.6 is 0 Å². The molecule has 1 aliphatic heterocycles. The van der Waals surface area contributed by atoms with E-state index in [1.165, 1.54) is 22.3 Å². The summed E-state index contributed by atoms with van der Waals surface area (Å²) in [5.41, 5.74) is 7.12. The predicted molar refractivity (Wildman–Crippen MR) is 126 cm³/mol. The van der Waals surface area contributed by atoms with E-state index in [0.29, 0.717) is 0 Å². The summed E-state index contributed by atoms with van der Waals surface area (Å²) >= 11 is 0. The van der Waals surface area contributed by atoms with Crippen LogP contribution in [-0.2, 0) is 54.2 Å². The minimum Gasteiger partial charge on any atom is -0.301 e. The van der Waals surface area contributed by atoms with Crippen LogP contribution in [0.1, 0.15) is 65.1 Å². The molecule has 2 N–H and O–H groups in total. The summed E-state index contributed by atoms with van der Waals surface area (Å²) in [4.78, 5) is 15.1.